The molecule has 2 fully saturated rings. The summed E-state index contributed by atoms with van der Waals surface area (Å²) in [6.45, 7) is 2.62. The van der Waals surface area contributed by atoms with E-state index < -0.39 is 0 Å². The molecule has 0 radical (unpaired) electrons. The van der Waals surface area contributed by atoms with Gasteiger partial charge in [-0.2, -0.15) is 0 Å². The van der Waals surface area contributed by atoms with Crippen LogP contribution in [0.1, 0.15) is 6.42 Å². The molecule has 2 amide bonds. The summed E-state index contributed by atoms with van der Waals surface area (Å²) < 4.78 is 18.8. The molecule has 3 rings (SSSR count). The first kappa shape index (κ1) is 15.7. The van der Waals surface area contributed by atoms with Gasteiger partial charge >= 0.3 is 6.09 Å². The van der Waals surface area contributed by atoms with E-state index in [9.17, 15) is 14.0 Å². The first-order valence-corrected chi connectivity index (χ1v) is 7.76. The third-order valence-corrected chi connectivity index (χ3v) is 4.42. The first-order valence-electron chi connectivity index (χ1n) is 7.76. The van der Waals surface area contributed by atoms with E-state index in [2.05, 4.69) is 0 Å². The molecule has 7 heteroatoms. The Balaban J connectivity index is 1.60. The Morgan fingerprint density at radius 3 is 2.78 bits per heavy atom. The molecule has 1 aromatic rings. The van der Waals surface area contributed by atoms with Gasteiger partial charge in [0.2, 0.25) is 5.91 Å². The van der Waals surface area contributed by atoms with E-state index in [1.165, 1.54) is 11.0 Å². The summed E-state index contributed by atoms with van der Waals surface area (Å²) in [7, 11) is 1.86. The van der Waals surface area contributed by atoms with Crippen LogP contribution in [-0.2, 0) is 9.53 Å². The van der Waals surface area contributed by atoms with Gasteiger partial charge in [0.15, 0.2) is 0 Å². The Kier molecular flexibility index (Phi) is 4.47. The third-order valence-electron chi connectivity index (χ3n) is 4.42. The zero-order valence-corrected chi connectivity index (χ0v) is 13.1. The molecule has 124 valence electrons. The van der Waals surface area contributed by atoms with E-state index in [4.69, 9.17) is 4.74 Å². The van der Waals surface area contributed by atoms with Crippen LogP contribution in [0.15, 0.2) is 24.3 Å². The first-order chi connectivity index (χ1) is 11.1. The van der Waals surface area contributed by atoms with Gasteiger partial charge in [0.1, 0.15) is 12.4 Å². The van der Waals surface area contributed by atoms with Crippen LogP contribution in [0.25, 0.3) is 0 Å². The number of likely N-dealkylation sites (N-methyl/N-ethyl adjacent to an activating group) is 1. The van der Waals surface area contributed by atoms with Gasteiger partial charge in [0.25, 0.3) is 0 Å². The van der Waals surface area contributed by atoms with Gasteiger partial charge in [-0.05, 0) is 25.6 Å². The predicted octanol–water partition coefficient (Wildman–Crippen LogP) is 1.31. The average molecular weight is 321 g/mol. The van der Waals surface area contributed by atoms with Gasteiger partial charge in [0.05, 0.1) is 18.3 Å². The summed E-state index contributed by atoms with van der Waals surface area (Å²) in [4.78, 5) is 29.0. The molecule has 0 spiro atoms. The zero-order valence-electron chi connectivity index (χ0n) is 13.1. The number of carbonyl (C=O) groups is 2. The fourth-order valence-electron chi connectivity index (χ4n) is 3.05. The number of para-hydroxylation sites is 1. The summed E-state index contributed by atoms with van der Waals surface area (Å²) in [6, 6.07) is 6.03. The van der Waals surface area contributed by atoms with Gasteiger partial charge in [-0.1, -0.05) is 12.1 Å². The van der Waals surface area contributed by atoms with Gasteiger partial charge in [-0.25, -0.2) is 9.18 Å². The van der Waals surface area contributed by atoms with E-state index in [1.54, 1.807) is 23.1 Å². The number of hydrogen-bond donors (Lipinski definition) is 0. The highest BCUT2D eigenvalue weighted by Gasteiger charge is 2.36. The molecule has 0 bridgehead atoms. The lowest BCUT2D eigenvalue weighted by molar-refractivity contribution is -0.121. The quantitative estimate of drug-likeness (QED) is 0.821. The number of carbonyl (C=O) groups excluding carboxylic acids is 2. The molecule has 0 aliphatic carbocycles. The Bertz CT molecular complexity index is 610. The van der Waals surface area contributed by atoms with Crippen molar-refractivity contribution in [3.8, 4) is 0 Å². The molecule has 0 saturated carbocycles. The average Bonchev–Trinajstić information content (AvgIpc) is 3.11. The maximum Gasteiger partial charge on any atom is 0.409 e. The summed E-state index contributed by atoms with van der Waals surface area (Å²) >= 11 is 0. The number of benzene rings is 1. The van der Waals surface area contributed by atoms with Crippen LogP contribution in [0.2, 0.25) is 0 Å². The fraction of sp³-hybridized carbons (Fsp3) is 0.500. The number of hydrogen-bond acceptors (Lipinski definition) is 4. The maximum atomic E-state index is 13.9. The normalized spacial score (nSPS) is 21.4. The molecule has 2 heterocycles. The minimum atomic E-state index is -0.385. The van der Waals surface area contributed by atoms with Crippen LogP contribution in [0, 0.1) is 5.82 Å². The molecule has 2 aliphatic rings. The molecule has 2 saturated heterocycles. The molecule has 0 aromatic heterocycles. The second kappa shape index (κ2) is 6.54. The highest BCUT2D eigenvalue weighted by molar-refractivity contribution is 5.99. The predicted molar refractivity (Wildman–Crippen MR) is 82.7 cm³/mol. The van der Waals surface area contributed by atoms with Crippen LogP contribution in [0.3, 0.4) is 0 Å². The van der Waals surface area contributed by atoms with Crippen molar-refractivity contribution in [2.45, 2.75) is 12.5 Å². The van der Waals surface area contributed by atoms with Crippen molar-refractivity contribution in [3.63, 3.8) is 0 Å². The number of anilines is 1. The Morgan fingerprint density at radius 2 is 2.09 bits per heavy atom. The van der Waals surface area contributed by atoms with E-state index in [0.29, 0.717) is 44.9 Å². The monoisotopic (exact) mass is 321 g/mol. The smallest absolute Gasteiger partial charge is 0.409 e. The molecular weight excluding hydrogens is 301 g/mol. The van der Waals surface area contributed by atoms with Crippen molar-refractivity contribution in [1.82, 2.24) is 9.80 Å². The molecular formula is C16H20FN3O3. The lowest BCUT2D eigenvalue weighted by Crippen LogP contribution is -2.43. The lowest BCUT2D eigenvalue weighted by atomic mass is 10.2. The van der Waals surface area contributed by atoms with Crippen molar-refractivity contribution in [2.24, 2.45) is 0 Å². The molecule has 1 atom stereocenters. The lowest BCUT2D eigenvalue weighted by Gasteiger charge is -2.25. The van der Waals surface area contributed by atoms with Crippen molar-refractivity contribution >= 4 is 17.7 Å². The number of nitrogens with zero attached hydrogens (tertiary/aromatic N) is 3. The maximum absolute atomic E-state index is 13.9. The number of rotatable bonds is 5. The van der Waals surface area contributed by atoms with Crippen molar-refractivity contribution in [2.75, 3.05) is 44.7 Å². The summed E-state index contributed by atoms with van der Waals surface area (Å²) in [5.74, 6) is -0.481. The van der Waals surface area contributed by atoms with E-state index in [-0.39, 0.29) is 23.9 Å². The number of halogens is 1. The SMILES string of the molecule is CN(CCN1CCOC1=O)[C@H]1CCN(c2ccccc2F)C1=O. The van der Waals surface area contributed by atoms with Crippen LogP contribution >= 0.6 is 0 Å². The van der Waals surface area contributed by atoms with Crippen LogP contribution in [0.5, 0.6) is 0 Å². The van der Waals surface area contributed by atoms with Crippen LogP contribution in [0.4, 0.5) is 14.9 Å². The molecule has 23 heavy (non-hydrogen) atoms. The second-order valence-corrected chi connectivity index (χ2v) is 5.83. The van der Waals surface area contributed by atoms with Gasteiger partial charge in [-0.15, -0.1) is 0 Å². The Hall–Kier alpha value is -2.15. The number of ether oxygens (including phenoxy) is 1. The highest BCUT2D eigenvalue weighted by Crippen LogP contribution is 2.26. The largest absolute Gasteiger partial charge is 0.448 e. The Labute approximate surface area is 134 Å². The summed E-state index contributed by atoms with van der Waals surface area (Å²) in [5.41, 5.74) is 0.330. The van der Waals surface area contributed by atoms with E-state index in [1.807, 2.05) is 11.9 Å². The van der Waals surface area contributed by atoms with Gasteiger partial charge in [-0.3, -0.25) is 9.69 Å². The number of cyclic esters (lactones) is 1. The summed E-state index contributed by atoms with van der Waals surface area (Å²) in [5, 5.41) is 0. The molecule has 0 unspecified atom stereocenters. The molecule has 2 aliphatic heterocycles. The summed E-state index contributed by atoms with van der Waals surface area (Å²) in [6.07, 6.45) is 0.345. The van der Waals surface area contributed by atoms with Gasteiger partial charge in [0, 0.05) is 19.6 Å². The molecule has 6 nitrogen and oxygen atoms in total. The van der Waals surface area contributed by atoms with Crippen molar-refractivity contribution in [1.29, 1.82) is 0 Å². The van der Waals surface area contributed by atoms with E-state index in [0.717, 1.165) is 0 Å². The topological polar surface area (TPSA) is 53.1 Å². The zero-order chi connectivity index (χ0) is 16.4. The van der Waals surface area contributed by atoms with Crippen LogP contribution in [-0.4, -0.2) is 67.7 Å². The minimum Gasteiger partial charge on any atom is -0.448 e. The van der Waals surface area contributed by atoms with E-state index >= 15 is 0 Å². The second-order valence-electron chi connectivity index (χ2n) is 5.83. The van der Waals surface area contributed by atoms with Gasteiger partial charge < -0.3 is 14.5 Å². The fourth-order valence-corrected chi connectivity index (χ4v) is 3.05. The van der Waals surface area contributed by atoms with Crippen molar-refractivity contribution in [3.05, 3.63) is 30.1 Å². The Morgan fingerprint density at radius 1 is 1.30 bits per heavy atom. The standard InChI is InChI=1S/C16H20FN3O3/c1-18(8-9-19-10-11-23-16(19)22)14-6-7-20(15(14)21)13-5-3-2-4-12(13)17/h2-5,14H,6-11H2,1H3/t14-/m0/s1. The molecule has 1 aromatic carbocycles. The molecule has 0 N–H and O–H groups in total. The highest BCUT2D eigenvalue weighted by atomic mass is 19.1. The minimum absolute atomic E-state index is 0.0957. The van der Waals surface area contributed by atoms with Crippen LogP contribution < -0.4 is 4.90 Å². The third kappa shape index (κ3) is 3.14. The van der Waals surface area contributed by atoms with Crippen molar-refractivity contribution < 1.29 is 18.7 Å². The number of amides is 2.